The molecule has 1 amide bonds. The van der Waals surface area contributed by atoms with Crippen molar-refractivity contribution in [1.29, 1.82) is 0 Å². The van der Waals surface area contributed by atoms with Crippen LogP contribution in [0.2, 0.25) is 0 Å². The van der Waals surface area contributed by atoms with Gasteiger partial charge in [0.05, 0.1) is 18.4 Å². The molecule has 1 heterocycles. The summed E-state index contributed by atoms with van der Waals surface area (Å²) in [5, 5.41) is 11.0. The first-order valence-corrected chi connectivity index (χ1v) is 7.10. The van der Waals surface area contributed by atoms with Crippen LogP contribution in [0.5, 0.6) is 0 Å². The van der Waals surface area contributed by atoms with Crippen LogP contribution in [0.25, 0.3) is 0 Å². The van der Waals surface area contributed by atoms with Gasteiger partial charge in [-0.1, -0.05) is 24.5 Å². The minimum Gasteiger partial charge on any atom is -0.353 e. The van der Waals surface area contributed by atoms with Crippen LogP contribution in [0.4, 0.5) is 0 Å². The second kappa shape index (κ2) is 6.65. The Bertz CT molecular complexity index is 409. The van der Waals surface area contributed by atoms with Gasteiger partial charge in [0.15, 0.2) is 0 Å². The Morgan fingerprint density at radius 2 is 2.26 bits per heavy atom. The highest BCUT2D eigenvalue weighted by atomic mass is 16.1. The molecule has 19 heavy (non-hydrogen) atoms. The van der Waals surface area contributed by atoms with Gasteiger partial charge in [-0.3, -0.25) is 9.48 Å². The zero-order valence-corrected chi connectivity index (χ0v) is 11.5. The first-order valence-electron chi connectivity index (χ1n) is 7.10. The van der Waals surface area contributed by atoms with Gasteiger partial charge < -0.3 is 11.1 Å². The summed E-state index contributed by atoms with van der Waals surface area (Å²) in [4.78, 5) is 11.8. The maximum atomic E-state index is 11.8. The zero-order valence-electron chi connectivity index (χ0n) is 11.5. The summed E-state index contributed by atoms with van der Waals surface area (Å²) >= 11 is 0. The highest BCUT2D eigenvalue weighted by molar-refractivity contribution is 5.76. The predicted octanol–water partition coefficient (Wildman–Crippen LogP) is 1.14. The van der Waals surface area contributed by atoms with E-state index in [0.717, 1.165) is 18.5 Å². The third-order valence-electron chi connectivity index (χ3n) is 3.56. The highest BCUT2D eigenvalue weighted by Gasteiger charge is 2.15. The van der Waals surface area contributed by atoms with E-state index < -0.39 is 0 Å². The van der Waals surface area contributed by atoms with Crippen molar-refractivity contribution in [3.63, 3.8) is 0 Å². The molecule has 1 atom stereocenters. The number of carbonyl (C=O) groups is 1. The Morgan fingerprint density at radius 1 is 1.53 bits per heavy atom. The van der Waals surface area contributed by atoms with Crippen molar-refractivity contribution in [3.8, 4) is 0 Å². The Morgan fingerprint density at radius 3 is 2.89 bits per heavy atom. The Kier molecular flexibility index (Phi) is 4.90. The van der Waals surface area contributed by atoms with Gasteiger partial charge in [0.1, 0.15) is 0 Å². The molecule has 0 aliphatic heterocycles. The molecule has 106 valence electrons. The van der Waals surface area contributed by atoms with Crippen LogP contribution in [-0.2, 0) is 11.3 Å². The topological polar surface area (TPSA) is 85.8 Å². The van der Waals surface area contributed by atoms with Gasteiger partial charge in [-0.05, 0) is 19.8 Å². The van der Waals surface area contributed by atoms with Gasteiger partial charge in [-0.25, -0.2) is 0 Å². The van der Waals surface area contributed by atoms with E-state index in [0.29, 0.717) is 19.0 Å². The quantitative estimate of drug-likeness (QED) is 0.836. The standard InChI is InChI=1S/C13H23N5O/c1-10(14)12-9-18(17-16-12)8-7-13(19)15-11-5-3-2-4-6-11/h9-11H,2-8,14H2,1H3,(H,15,19). The number of nitrogens with one attached hydrogen (secondary N) is 1. The van der Waals surface area contributed by atoms with Gasteiger partial charge in [0.2, 0.25) is 5.91 Å². The van der Waals surface area contributed by atoms with Crippen molar-refractivity contribution in [1.82, 2.24) is 20.3 Å². The monoisotopic (exact) mass is 265 g/mol. The van der Waals surface area contributed by atoms with Gasteiger partial charge in [-0.15, -0.1) is 5.10 Å². The number of nitrogens with zero attached hydrogens (tertiary/aromatic N) is 3. The van der Waals surface area contributed by atoms with Crippen LogP contribution < -0.4 is 11.1 Å². The number of aryl methyl sites for hydroxylation is 1. The first kappa shape index (κ1) is 14.0. The molecule has 1 aliphatic rings. The molecule has 1 aliphatic carbocycles. The molecule has 3 N–H and O–H groups in total. The van der Waals surface area contributed by atoms with Crippen LogP contribution in [0.1, 0.15) is 57.2 Å². The Labute approximate surface area is 113 Å². The van der Waals surface area contributed by atoms with Crippen LogP contribution in [0.15, 0.2) is 6.20 Å². The molecule has 1 fully saturated rings. The van der Waals surface area contributed by atoms with Crippen molar-refractivity contribution in [2.75, 3.05) is 0 Å². The molecule has 1 saturated carbocycles. The third kappa shape index (κ3) is 4.31. The van der Waals surface area contributed by atoms with Crippen LogP contribution in [-0.4, -0.2) is 26.9 Å². The summed E-state index contributed by atoms with van der Waals surface area (Å²) in [7, 11) is 0. The lowest BCUT2D eigenvalue weighted by Crippen LogP contribution is -2.36. The number of nitrogens with two attached hydrogens (primary N) is 1. The van der Waals surface area contributed by atoms with E-state index in [4.69, 9.17) is 5.73 Å². The van der Waals surface area contributed by atoms with Crippen molar-refractivity contribution >= 4 is 5.91 Å². The van der Waals surface area contributed by atoms with Crippen LogP contribution in [0.3, 0.4) is 0 Å². The number of hydrogen-bond acceptors (Lipinski definition) is 4. The summed E-state index contributed by atoms with van der Waals surface area (Å²) in [5.74, 6) is 0.102. The maximum Gasteiger partial charge on any atom is 0.222 e. The lowest BCUT2D eigenvalue weighted by molar-refractivity contribution is -0.122. The van der Waals surface area contributed by atoms with Gasteiger partial charge in [-0.2, -0.15) is 0 Å². The number of amides is 1. The van der Waals surface area contributed by atoms with Crippen molar-refractivity contribution < 1.29 is 4.79 Å². The van der Waals surface area contributed by atoms with Crippen LogP contribution in [0, 0.1) is 0 Å². The summed E-state index contributed by atoms with van der Waals surface area (Å²) in [6.07, 6.45) is 8.23. The summed E-state index contributed by atoms with van der Waals surface area (Å²) in [6, 6.07) is 0.251. The Balaban J connectivity index is 1.73. The average Bonchev–Trinajstić information content (AvgIpc) is 2.86. The molecule has 0 spiro atoms. The normalized spacial score (nSPS) is 18.2. The maximum absolute atomic E-state index is 11.8. The molecular formula is C13H23N5O. The van der Waals surface area contributed by atoms with Gasteiger partial charge in [0.25, 0.3) is 0 Å². The van der Waals surface area contributed by atoms with E-state index in [2.05, 4.69) is 15.6 Å². The third-order valence-corrected chi connectivity index (χ3v) is 3.56. The average molecular weight is 265 g/mol. The van der Waals surface area contributed by atoms with E-state index in [9.17, 15) is 4.79 Å². The highest BCUT2D eigenvalue weighted by Crippen LogP contribution is 2.17. The largest absolute Gasteiger partial charge is 0.353 e. The second-order valence-electron chi connectivity index (χ2n) is 5.35. The molecule has 0 radical (unpaired) electrons. The number of rotatable bonds is 5. The molecule has 1 unspecified atom stereocenters. The summed E-state index contributed by atoms with van der Waals surface area (Å²) in [5.41, 5.74) is 6.47. The van der Waals surface area contributed by atoms with E-state index in [1.165, 1.54) is 19.3 Å². The molecule has 6 heteroatoms. The van der Waals surface area contributed by atoms with Crippen molar-refractivity contribution in [2.24, 2.45) is 5.73 Å². The van der Waals surface area contributed by atoms with Gasteiger partial charge in [0, 0.05) is 18.5 Å². The van der Waals surface area contributed by atoms with Crippen molar-refractivity contribution in [3.05, 3.63) is 11.9 Å². The zero-order chi connectivity index (χ0) is 13.7. The van der Waals surface area contributed by atoms with Crippen LogP contribution >= 0.6 is 0 Å². The van der Waals surface area contributed by atoms with Gasteiger partial charge >= 0.3 is 0 Å². The number of carbonyl (C=O) groups excluding carboxylic acids is 1. The minimum absolute atomic E-state index is 0.102. The smallest absolute Gasteiger partial charge is 0.222 e. The number of aromatic nitrogens is 3. The van der Waals surface area contributed by atoms with Crippen molar-refractivity contribution in [2.45, 2.75) is 64.1 Å². The van der Waals surface area contributed by atoms with E-state index in [1.54, 1.807) is 10.9 Å². The fourth-order valence-corrected chi connectivity index (χ4v) is 2.39. The first-order chi connectivity index (χ1) is 9.15. The van der Waals surface area contributed by atoms with E-state index in [-0.39, 0.29) is 11.9 Å². The number of hydrogen-bond donors (Lipinski definition) is 2. The molecule has 1 aromatic rings. The summed E-state index contributed by atoms with van der Waals surface area (Å²) < 4.78 is 1.68. The van der Waals surface area contributed by atoms with E-state index >= 15 is 0 Å². The lowest BCUT2D eigenvalue weighted by Gasteiger charge is -2.22. The molecule has 0 aromatic carbocycles. The Hall–Kier alpha value is -1.43. The SMILES string of the molecule is CC(N)c1cn(CCC(=O)NC2CCCCC2)nn1. The summed E-state index contributed by atoms with van der Waals surface area (Å²) in [6.45, 7) is 2.42. The molecule has 1 aromatic heterocycles. The molecule has 0 saturated heterocycles. The molecule has 0 bridgehead atoms. The molecule has 6 nitrogen and oxygen atoms in total. The molecule has 2 rings (SSSR count). The second-order valence-corrected chi connectivity index (χ2v) is 5.35. The fourth-order valence-electron chi connectivity index (χ4n) is 2.39. The fraction of sp³-hybridized carbons (Fsp3) is 0.769. The van der Waals surface area contributed by atoms with E-state index in [1.807, 2.05) is 6.92 Å². The lowest BCUT2D eigenvalue weighted by atomic mass is 9.95. The minimum atomic E-state index is -0.121. The molecular weight excluding hydrogens is 242 g/mol. The predicted molar refractivity (Wildman–Crippen MR) is 72.3 cm³/mol.